The summed E-state index contributed by atoms with van der Waals surface area (Å²) in [6.45, 7) is 6.07. The summed E-state index contributed by atoms with van der Waals surface area (Å²) in [5.41, 5.74) is 0.286. The van der Waals surface area contributed by atoms with E-state index in [9.17, 15) is 0 Å². The third-order valence-corrected chi connectivity index (χ3v) is 3.82. The molecule has 1 fully saturated rings. The minimum Gasteiger partial charge on any atom is -0.381 e. The Morgan fingerprint density at radius 3 is 2.83 bits per heavy atom. The lowest BCUT2D eigenvalue weighted by atomic mass is 9.77. The van der Waals surface area contributed by atoms with Crippen LogP contribution in [-0.4, -0.2) is 41.1 Å². The Morgan fingerprint density at radius 2 is 2.22 bits per heavy atom. The first-order valence-corrected chi connectivity index (χ1v) is 6.87. The minimum atomic E-state index is 0.286. The van der Waals surface area contributed by atoms with E-state index in [4.69, 9.17) is 4.74 Å². The first kappa shape index (κ1) is 13.5. The zero-order valence-electron chi connectivity index (χ0n) is 11.5. The van der Waals surface area contributed by atoms with Gasteiger partial charge < -0.3 is 10.1 Å². The number of nitrogens with zero attached hydrogens (tertiary/aromatic N) is 3. The van der Waals surface area contributed by atoms with Gasteiger partial charge in [0.05, 0.1) is 0 Å². The summed E-state index contributed by atoms with van der Waals surface area (Å²) in [4.78, 5) is 4.37. The Morgan fingerprint density at radius 1 is 1.44 bits per heavy atom. The molecule has 1 aromatic heterocycles. The Labute approximate surface area is 109 Å². The molecule has 5 nitrogen and oxygen atoms in total. The maximum atomic E-state index is 5.51. The van der Waals surface area contributed by atoms with Crippen LogP contribution in [0.1, 0.15) is 32.0 Å². The van der Waals surface area contributed by atoms with Crippen molar-refractivity contribution in [2.45, 2.75) is 32.6 Å². The molecule has 0 aromatic carbocycles. The van der Waals surface area contributed by atoms with Crippen molar-refractivity contribution < 1.29 is 4.74 Å². The number of aryl methyl sites for hydroxylation is 1. The molecule has 2 rings (SSSR count). The fraction of sp³-hybridized carbons (Fsp3) is 0.846. The molecule has 0 aliphatic carbocycles. The summed E-state index contributed by atoms with van der Waals surface area (Å²) in [6.07, 6.45) is 6.02. The predicted octanol–water partition coefficient (Wildman–Crippen LogP) is 1.15. The van der Waals surface area contributed by atoms with Crippen LogP contribution >= 0.6 is 0 Å². The van der Waals surface area contributed by atoms with Gasteiger partial charge in [-0.25, -0.2) is 4.98 Å². The first-order valence-electron chi connectivity index (χ1n) is 6.87. The topological polar surface area (TPSA) is 52.0 Å². The van der Waals surface area contributed by atoms with Crippen LogP contribution in [0.2, 0.25) is 0 Å². The molecular weight excluding hydrogens is 228 g/mol. The molecule has 1 aromatic rings. The van der Waals surface area contributed by atoms with E-state index in [-0.39, 0.29) is 5.41 Å². The van der Waals surface area contributed by atoms with E-state index >= 15 is 0 Å². The Balaban J connectivity index is 2.01. The molecule has 102 valence electrons. The molecule has 0 unspecified atom stereocenters. The highest BCUT2D eigenvalue weighted by Crippen LogP contribution is 2.33. The number of ether oxygens (including phenoxy) is 1. The second kappa shape index (κ2) is 6.29. The summed E-state index contributed by atoms with van der Waals surface area (Å²) in [7, 11) is 1.97. The third kappa shape index (κ3) is 3.29. The molecule has 1 N–H and O–H groups in total. The number of aromatic nitrogens is 3. The Hall–Kier alpha value is -0.940. The van der Waals surface area contributed by atoms with Gasteiger partial charge in [0, 0.05) is 33.2 Å². The van der Waals surface area contributed by atoms with E-state index in [1.165, 1.54) is 6.42 Å². The molecule has 0 amide bonds. The summed E-state index contributed by atoms with van der Waals surface area (Å²) in [5, 5.41) is 7.73. The summed E-state index contributed by atoms with van der Waals surface area (Å²) in [6, 6.07) is 0. The largest absolute Gasteiger partial charge is 0.381 e. The van der Waals surface area contributed by atoms with E-state index in [0.29, 0.717) is 0 Å². The quantitative estimate of drug-likeness (QED) is 0.772. The van der Waals surface area contributed by atoms with Crippen molar-refractivity contribution in [1.82, 2.24) is 20.1 Å². The highest BCUT2D eigenvalue weighted by atomic mass is 16.5. The zero-order valence-corrected chi connectivity index (χ0v) is 11.5. The number of hydrogen-bond donors (Lipinski definition) is 1. The van der Waals surface area contributed by atoms with Crippen LogP contribution in [-0.2, 0) is 18.2 Å². The molecule has 1 aliphatic rings. The van der Waals surface area contributed by atoms with E-state index in [1.54, 1.807) is 6.33 Å². The molecule has 0 radical (unpaired) electrons. The van der Waals surface area contributed by atoms with Gasteiger partial charge >= 0.3 is 0 Å². The van der Waals surface area contributed by atoms with Crippen LogP contribution in [0.15, 0.2) is 6.33 Å². The molecule has 0 saturated carbocycles. The fourth-order valence-corrected chi connectivity index (χ4v) is 2.57. The highest BCUT2D eigenvalue weighted by molar-refractivity contribution is 4.96. The van der Waals surface area contributed by atoms with Crippen molar-refractivity contribution in [3.63, 3.8) is 0 Å². The lowest BCUT2D eigenvalue weighted by molar-refractivity contribution is 0.0137. The lowest BCUT2D eigenvalue weighted by Crippen LogP contribution is -2.41. The normalized spacial score (nSPS) is 19.0. The minimum absolute atomic E-state index is 0.286. The van der Waals surface area contributed by atoms with Gasteiger partial charge in [0.2, 0.25) is 0 Å². The predicted molar refractivity (Wildman–Crippen MR) is 70.4 cm³/mol. The second-order valence-corrected chi connectivity index (χ2v) is 5.27. The monoisotopic (exact) mass is 252 g/mol. The lowest BCUT2D eigenvalue weighted by Gasteiger charge is -2.37. The number of nitrogens with one attached hydrogen (secondary N) is 1. The molecule has 1 aliphatic heterocycles. The van der Waals surface area contributed by atoms with E-state index in [1.807, 2.05) is 11.7 Å². The molecule has 5 heteroatoms. The van der Waals surface area contributed by atoms with Gasteiger partial charge in [-0.3, -0.25) is 4.68 Å². The molecule has 0 bridgehead atoms. The molecule has 0 spiro atoms. The van der Waals surface area contributed by atoms with Gasteiger partial charge in [-0.05, 0) is 31.2 Å². The Kier molecular flexibility index (Phi) is 4.72. The van der Waals surface area contributed by atoms with Gasteiger partial charge in [-0.2, -0.15) is 5.10 Å². The Bertz CT molecular complexity index is 358. The van der Waals surface area contributed by atoms with Crippen LogP contribution < -0.4 is 5.32 Å². The van der Waals surface area contributed by atoms with E-state index in [2.05, 4.69) is 22.3 Å². The average Bonchev–Trinajstić information content (AvgIpc) is 2.76. The van der Waals surface area contributed by atoms with Crippen LogP contribution in [0, 0.1) is 5.41 Å². The van der Waals surface area contributed by atoms with Gasteiger partial charge in [-0.15, -0.1) is 0 Å². The summed E-state index contributed by atoms with van der Waals surface area (Å²) >= 11 is 0. The number of hydrogen-bond acceptors (Lipinski definition) is 4. The van der Waals surface area contributed by atoms with Crippen molar-refractivity contribution in [2.24, 2.45) is 12.5 Å². The van der Waals surface area contributed by atoms with Gasteiger partial charge in [0.1, 0.15) is 12.2 Å². The smallest absolute Gasteiger partial charge is 0.138 e. The maximum Gasteiger partial charge on any atom is 0.138 e. The molecule has 2 heterocycles. The van der Waals surface area contributed by atoms with Crippen molar-refractivity contribution in [3.05, 3.63) is 12.2 Å². The first-order chi connectivity index (χ1) is 8.76. The third-order valence-electron chi connectivity index (χ3n) is 3.82. The van der Waals surface area contributed by atoms with Crippen LogP contribution in [0.5, 0.6) is 0 Å². The standard InChI is InChI=1S/C13H24N4O/c1-3-6-14-10-13(4-7-18-8-5-13)9-12-15-11-16-17(12)2/h11,14H,3-10H2,1-2H3. The van der Waals surface area contributed by atoms with E-state index in [0.717, 1.165) is 51.4 Å². The van der Waals surface area contributed by atoms with Crippen LogP contribution in [0.25, 0.3) is 0 Å². The van der Waals surface area contributed by atoms with Crippen molar-refractivity contribution in [3.8, 4) is 0 Å². The molecule has 0 atom stereocenters. The van der Waals surface area contributed by atoms with Gasteiger partial charge in [0.15, 0.2) is 0 Å². The van der Waals surface area contributed by atoms with Crippen molar-refractivity contribution >= 4 is 0 Å². The zero-order chi connectivity index (χ0) is 12.8. The molecule has 1 saturated heterocycles. The SMILES string of the molecule is CCCNCC1(Cc2ncnn2C)CCOCC1. The fourth-order valence-electron chi connectivity index (χ4n) is 2.57. The highest BCUT2D eigenvalue weighted by Gasteiger charge is 2.33. The summed E-state index contributed by atoms with van der Waals surface area (Å²) < 4.78 is 7.40. The molecule has 18 heavy (non-hydrogen) atoms. The van der Waals surface area contributed by atoms with Gasteiger partial charge in [-0.1, -0.05) is 6.92 Å². The van der Waals surface area contributed by atoms with Crippen LogP contribution in [0.4, 0.5) is 0 Å². The maximum absolute atomic E-state index is 5.51. The number of rotatable bonds is 6. The second-order valence-electron chi connectivity index (χ2n) is 5.27. The van der Waals surface area contributed by atoms with Crippen LogP contribution in [0.3, 0.4) is 0 Å². The summed E-state index contributed by atoms with van der Waals surface area (Å²) in [5.74, 6) is 1.08. The average molecular weight is 252 g/mol. The van der Waals surface area contributed by atoms with Crippen molar-refractivity contribution in [2.75, 3.05) is 26.3 Å². The molecular formula is C13H24N4O. The van der Waals surface area contributed by atoms with E-state index < -0.39 is 0 Å². The van der Waals surface area contributed by atoms with Gasteiger partial charge in [0.25, 0.3) is 0 Å². The van der Waals surface area contributed by atoms with Crippen molar-refractivity contribution in [1.29, 1.82) is 0 Å².